The van der Waals surface area contributed by atoms with E-state index in [2.05, 4.69) is 9.97 Å². The van der Waals surface area contributed by atoms with Gasteiger partial charge < -0.3 is 15.0 Å². The van der Waals surface area contributed by atoms with Crippen LogP contribution in [0.25, 0.3) is 17.1 Å². The molecule has 0 aliphatic carbocycles. The first kappa shape index (κ1) is 18.9. The Balaban J connectivity index is 1.52. The van der Waals surface area contributed by atoms with Gasteiger partial charge in [0, 0.05) is 18.7 Å². The number of carbonyl (C=O) groups excluding carboxylic acids is 1. The Hall–Kier alpha value is -3.41. The Morgan fingerprint density at radius 3 is 2.83 bits per heavy atom. The summed E-state index contributed by atoms with van der Waals surface area (Å²) >= 11 is 0. The van der Waals surface area contributed by atoms with E-state index in [0.29, 0.717) is 31.4 Å². The first-order valence-electron chi connectivity index (χ1n) is 9.75. The number of piperidine rings is 1. The molecular formula is C23H23N3O3. The van der Waals surface area contributed by atoms with Crippen LogP contribution in [0.3, 0.4) is 0 Å². The van der Waals surface area contributed by atoms with Gasteiger partial charge in [0.2, 0.25) is 0 Å². The number of aliphatic carboxylic acids is 1. The molecule has 2 aromatic carbocycles. The number of fused-ring (bicyclic) bond motifs is 1. The molecule has 1 atom stereocenters. The lowest BCUT2D eigenvalue weighted by Crippen LogP contribution is -2.49. The number of hydrogen-bond acceptors (Lipinski definition) is 3. The number of amides is 1. The van der Waals surface area contributed by atoms with Crippen LogP contribution in [0.1, 0.15) is 35.2 Å². The SMILES string of the molecule is O=C(c1ccc2nc[nH]c2c1)N1CCC[C@@](C/C=C/c2ccccc2)(C(=O)O)C1. The maximum Gasteiger partial charge on any atom is 0.311 e. The average Bonchev–Trinajstić information content (AvgIpc) is 3.22. The molecule has 1 fully saturated rings. The number of nitrogens with zero attached hydrogens (tertiary/aromatic N) is 2. The van der Waals surface area contributed by atoms with Gasteiger partial charge in [0.05, 0.1) is 22.8 Å². The van der Waals surface area contributed by atoms with Crippen LogP contribution < -0.4 is 0 Å². The maximum absolute atomic E-state index is 13.1. The van der Waals surface area contributed by atoms with Crippen molar-refractivity contribution >= 4 is 29.0 Å². The molecule has 0 saturated carbocycles. The normalized spacial score (nSPS) is 19.7. The second-order valence-electron chi connectivity index (χ2n) is 7.57. The van der Waals surface area contributed by atoms with Crippen molar-refractivity contribution in [3.8, 4) is 0 Å². The number of rotatable bonds is 5. The Kier molecular flexibility index (Phi) is 5.16. The minimum atomic E-state index is -0.961. The molecule has 0 spiro atoms. The monoisotopic (exact) mass is 389 g/mol. The first-order chi connectivity index (χ1) is 14.1. The molecule has 2 N–H and O–H groups in total. The predicted molar refractivity (Wildman–Crippen MR) is 111 cm³/mol. The summed E-state index contributed by atoms with van der Waals surface area (Å²) in [5, 5.41) is 9.98. The molecule has 1 aromatic heterocycles. The topological polar surface area (TPSA) is 86.3 Å². The highest BCUT2D eigenvalue weighted by atomic mass is 16.4. The molecule has 6 nitrogen and oxygen atoms in total. The van der Waals surface area contributed by atoms with Crippen molar-refractivity contribution in [1.29, 1.82) is 0 Å². The van der Waals surface area contributed by atoms with Gasteiger partial charge in [0.1, 0.15) is 0 Å². The molecule has 3 aromatic rings. The van der Waals surface area contributed by atoms with Crippen molar-refractivity contribution < 1.29 is 14.7 Å². The van der Waals surface area contributed by atoms with E-state index in [0.717, 1.165) is 16.6 Å². The molecule has 1 aliphatic heterocycles. The van der Waals surface area contributed by atoms with Crippen molar-refractivity contribution in [3.63, 3.8) is 0 Å². The van der Waals surface area contributed by atoms with E-state index in [4.69, 9.17) is 0 Å². The number of carbonyl (C=O) groups is 2. The van der Waals surface area contributed by atoms with Gasteiger partial charge in [-0.15, -0.1) is 0 Å². The minimum absolute atomic E-state index is 0.140. The molecule has 0 unspecified atom stereocenters. The minimum Gasteiger partial charge on any atom is -0.481 e. The molecule has 0 bridgehead atoms. The summed E-state index contributed by atoms with van der Waals surface area (Å²) in [6, 6.07) is 15.1. The highest BCUT2D eigenvalue weighted by Crippen LogP contribution is 2.35. The van der Waals surface area contributed by atoms with Gasteiger partial charge in [-0.2, -0.15) is 0 Å². The predicted octanol–water partition coefficient (Wildman–Crippen LogP) is 3.97. The van der Waals surface area contributed by atoms with E-state index >= 15 is 0 Å². The Labute approximate surface area is 168 Å². The molecular weight excluding hydrogens is 366 g/mol. The van der Waals surface area contributed by atoms with Gasteiger partial charge >= 0.3 is 5.97 Å². The van der Waals surface area contributed by atoms with Gasteiger partial charge in [-0.3, -0.25) is 9.59 Å². The molecule has 1 amide bonds. The number of hydrogen-bond donors (Lipinski definition) is 2. The molecule has 148 valence electrons. The molecule has 0 radical (unpaired) electrons. The molecule has 2 heterocycles. The highest BCUT2D eigenvalue weighted by molar-refractivity contribution is 5.97. The van der Waals surface area contributed by atoms with Gasteiger partial charge in [-0.1, -0.05) is 42.5 Å². The smallest absolute Gasteiger partial charge is 0.311 e. The third-order valence-corrected chi connectivity index (χ3v) is 5.60. The van der Waals surface area contributed by atoms with Gasteiger partial charge in [-0.05, 0) is 43.0 Å². The van der Waals surface area contributed by atoms with E-state index in [9.17, 15) is 14.7 Å². The third kappa shape index (κ3) is 3.92. The van der Waals surface area contributed by atoms with E-state index < -0.39 is 11.4 Å². The van der Waals surface area contributed by atoms with E-state index in [1.807, 2.05) is 42.5 Å². The van der Waals surface area contributed by atoms with E-state index in [1.165, 1.54) is 0 Å². The summed E-state index contributed by atoms with van der Waals surface area (Å²) in [7, 11) is 0. The fourth-order valence-corrected chi connectivity index (χ4v) is 3.97. The second kappa shape index (κ2) is 7.91. The fraction of sp³-hybridized carbons (Fsp3) is 0.261. The summed E-state index contributed by atoms with van der Waals surface area (Å²) < 4.78 is 0. The zero-order chi connectivity index (χ0) is 20.3. The summed E-state index contributed by atoms with van der Waals surface area (Å²) in [6.07, 6.45) is 7.06. The summed E-state index contributed by atoms with van der Waals surface area (Å²) in [5.41, 5.74) is 2.21. The Morgan fingerprint density at radius 2 is 2.03 bits per heavy atom. The number of H-pyrrole nitrogens is 1. The summed E-state index contributed by atoms with van der Waals surface area (Å²) in [4.78, 5) is 34.1. The zero-order valence-corrected chi connectivity index (χ0v) is 16.0. The highest BCUT2D eigenvalue weighted by Gasteiger charge is 2.42. The van der Waals surface area contributed by atoms with Crippen molar-refractivity contribution in [1.82, 2.24) is 14.9 Å². The molecule has 4 rings (SSSR count). The molecule has 1 saturated heterocycles. The Bertz CT molecular complexity index is 1060. The van der Waals surface area contributed by atoms with Crippen LogP contribution in [0.4, 0.5) is 0 Å². The van der Waals surface area contributed by atoms with E-state index in [-0.39, 0.29) is 12.5 Å². The Morgan fingerprint density at radius 1 is 1.21 bits per heavy atom. The van der Waals surface area contributed by atoms with E-state index in [1.54, 1.807) is 29.4 Å². The summed E-state index contributed by atoms with van der Waals surface area (Å²) in [6.45, 7) is 0.776. The lowest BCUT2D eigenvalue weighted by atomic mass is 9.76. The quantitative estimate of drug-likeness (QED) is 0.691. The van der Waals surface area contributed by atoms with Crippen LogP contribution in [0.15, 0.2) is 60.9 Å². The average molecular weight is 389 g/mol. The maximum atomic E-state index is 13.1. The van der Waals surface area contributed by atoms with Crippen LogP contribution in [0.5, 0.6) is 0 Å². The standard InChI is InChI=1S/C23H23N3O3/c27-21(18-9-10-19-20(14-18)25-16-24-19)26-13-5-12-23(15-26,22(28)29)11-4-8-17-6-2-1-3-7-17/h1-4,6-10,14,16H,5,11-13,15H2,(H,24,25)(H,28,29)/b8-4+/t23-/m1/s1. The lowest BCUT2D eigenvalue weighted by molar-refractivity contribution is -0.151. The number of aromatic amines is 1. The third-order valence-electron chi connectivity index (χ3n) is 5.60. The number of benzene rings is 2. The zero-order valence-electron chi connectivity index (χ0n) is 16.0. The molecule has 6 heteroatoms. The van der Waals surface area contributed by atoms with Gasteiger partial charge in [-0.25, -0.2) is 4.98 Å². The number of allylic oxidation sites excluding steroid dienone is 1. The number of carboxylic acid groups (broad SMARTS) is 1. The molecule has 1 aliphatic rings. The van der Waals surface area contributed by atoms with Crippen molar-refractivity contribution in [2.75, 3.05) is 13.1 Å². The van der Waals surface area contributed by atoms with Gasteiger partial charge in [0.15, 0.2) is 0 Å². The van der Waals surface area contributed by atoms with Crippen LogP contribution in [-0.2, 0) is 4.79 Å². The van der Waals surface area contributed by atoms with Crippen LogP contribution in [0.2, 0.25) is 0 Å². The van der Waals surface area contributed by atoms with Crippen molar-refractivity contribution in [2.45, 2.75) is 19.3 Å². The van der Waals surface area contributed by atoms with Crippen molar-refractivity contribution in [3.05, 3.63) is 72.1 Å². The second-order valence-corrected chi connectivity index (χ2v) is 7.57. The lowest BCUT2D eigenvalue weighted by Gasteiger charge is -2.39. The number of carboxylic acids is 1. The van der Waals surface area contributed by atoms with Gasteiger partial charge in [0.25, 0.3) is 5.91 Å². The number of nitrogens with one attached hydrogen (secondary N) is 1. The fourth-order valence-electron chi connectivity index (χ4n) is 3.97. The summed E-state index contributed by atoms with van der Waals surface area (Å²) in [5.74, 6) is -0.990. The van der Waals surface area contributed by atoms with Crippen LogP contribution in [-0.4, -0.2) is 44.9 Å². The number of aromatic nitrogens is 2. The molecule has 29 heavy (non-hydrogen) atoms. The largest absolute Gasteiger partial charge is 0.481 e. The van der Waals surface area contributed by atoms with Crippen LogP contribution >= 0.6 is 0 Å². The first-order valence-corrected chi connectivity index (χ1v) is 9.75. The van der Waals surface area contributed by atoms with Crippen molar-refractivity contribution in [2.24, 2.45) is 5.41 Å². The van der Waals surface area contributed by atoms with Crippen LogP contribution in [0, 0.1) is 5.41 Å². The number of likely N-dealkylation sites (tertiary alicyclic amines) is 1. The number of imidazole rings is 1.